The molecule has 0 saturated carbocycles. The van der Waals surface area contributed by atoms with Gasteiger partial charge >= 0.3 is 0 Å². The molecule has 0 aliphatic rings. The summed E-state index contributed by atoms with van der Waals surface area (Å²) in [6.07, 6.45) is 1.77. The zero-order valence-electron chi connectivity index (χ0n) is 18.8. The van der Waals surface area contributed by atoms with E-state index in [9.17, 15) is 10.1 Å². The van der Waals surface area contributed by atoms with Gasteiger partial charge in [0.25, 0.3) is 5.91 Å². The molecule has 6 nitrogen and oxygen atoms in total. The maximum absolute atomic E-state index is 13.1. The maximum atomic E-state index is 13.1. The molecule has 3 rings (SSSR count). The van der Waals surface area contributed by atoms with Crippen LogP contribution in [0.5, 0.6) is 5.75 Å². The molecule has 0 saturated heterocycles. The predicted molar refractivity (Wildman–Crippen MR) is 124 cm³/mol. The summed E-state index contributed by atoms with van der Waals surface area (Å²) in [5, 5.41) is 12.6. The van der Waals surface area contributed by atoms with Crippen LogP contribution in [0.25, 0.3) is 11.1 Å². The molecule has 2 aromatic carbocycles. The van der Waals surface area contributed by atoms with Crippen molar-refractivity contribution in [2.45, 2.75) is 26.8 Å². The molecule has 6 heteroatoms. The van der Waals surface area contributed by atoms with Crippen molar-refractivity contribution in [3.8, 4) is 22.9 Å². The molecule has 1 amide bonds. The molecule has 1 atom stereocenters. The highest BCUT2D eigenvalue weighted by Crippen LogP contribution is 2.30. The lowest BCUT2D eigenvalue weighted by atomic mass is 9.96. The van der Waals surface area contributed by atoms with Crippen molar-refractivity contribution in [2.75, 3.05) is 20.3 Å². The standard InChI is InChI=1S/C26H27N3O3/c1-17-5-8-25(23(11-17)15-27)21-12-22(14-24(13-21)32-10-9-31-4)26(30)29-19(3)20-7-6-18(2)28-16-20/h5-8,11-14,16,19H,9-10H2,1-4H3,(H,29,30)/t19-/m1/s1. The highest BCUT2D eigenvalue weighted by molar-refractivity contribution is 5.96. The summed E-state index contributed by atoms with van der Waals surface area (Å²) in [5.41, 5.74) is 5.32. The van der Waals surface area contributed by atoms with Crippen LogP contribution in [0, 0.1) is 25.2 Å². The van der Waals surface area contributed by atoms with Crippen LogP contribution in [-0.4, -0.2) is 31.2 Å². The van der Waals surface area contributed by atoms with Gasteiger partial charge in [-0.25, -0.2) is 0 Å². The first-order chi connectivity index (χ1) is 15.4. The third-order valence-corrected chi connectivity index (χ3v) is 5.11. The van der Waals surface area contributed by atoms with E-state index < -0.39 is 0 Å². The smallest absolute Gasteiger partial charge is 0.251 e. The van der Waals surface area contributed by atoms with E-state index >= 15 is 0 Å². The number of methoxy groups -OCH3 is 1. The topological polar surface area (TPSA) is 84.2 Å². The van der Waals surface area contributed by atoms with Crippen molar-refractivity contribution < 1.29 is 14.3 Å². The number of carbonyl (C=O) groups excluding carboxylic acids is 1. The molecular weight excluding hydrogens is 402 g/mol. The minimum Gasteiger partial charge on any atom is -0.491 e. The number of hydrogen-bond donors (Lipinski definition) is 1. The second-order valence-corrected chi connectivity index (χ2v) is 7.68. The van der Waals surface area contributed by atoms with Crippen LogP contribution in [0.2, 0.25) is 0 Å². The number of rotatable bonds is 8. The number of pyridine rings is 1. The number of aromatic nitrogens is 1. The van der Waals surface area contributed by atoms with Crippen molar-refractivity contribution in [3.05, 3.63) is 82.7 Å². The summed E-state index contributed by atoms with van der Waals surface area (Å²) in [6.45, 7) is 6.56. The van der Waals surface area contributed by atoms with Crippen LogP contribution in [-0.2, 0) is 4.74 Å². The third-order valence-electron chi connectivity index (χ3n) is 5.11. The lowest BCUT2D eigenvalue weighted by Crippen LogP contribution is -2.26. The summed E-state index contributed by atoms with van der Waals surface area (Å²) in [6, 6.07) is 16.9. The van der Waals surface area contributed by atoms with Crippen LogP contribution < -0.4 is 10.1 Å². The zero-order valence-corrected chi connectivity index (χ0v) is 18.8. The highest BCUT2D eigenvalue weighted by atomic mass is 16.5. The van der Waals surface area contributed by atoms with Gasteiger partial charge in [0, 0.05) is 24.6 Å². The Balaban J connectivity index is 1.94. The van der Waals surface area contributed by atoms with Crippen molar-refractivity contribution in [1.29, 1.82) is 5.26 Å². The summed E-state index contributed by atoms with van der Waals surface area (Å²) in [4.78, 5) is 17.4. The molecular formula is C26H27N3O3. The summed E-state index contributed by atoms with van der Waals surface area (Å²) in [5.74, 6) is 0.306. The Morgan fingerprint density at radius 2 is 1.94 bits per heavy atom. The molecule has 0 aliphatic carbocycles. The van der Waals surface area contributed by atoms with Gasteiger partial charge in [-0.2, -0.15) is 5.26 Å². The fourth-order valence-corrected chi connectivity index (χ4v) is 3.31. The number of benzene rings is 2. The van der Waals surface area contributed by atoms with Gasteiger partial charge < -0.3 is 14.8 Å². The Kier molecular flexibility index (Phi) is 7.58. The van der Waals surface area contributed by atoms with Crippen LogP contribution >= 0.6 is 0 Å². The molecule has 1 heterocycles. The average Bonchev–Trinajstić information content (AvgIpc) is 2.79. The van der Waals surface area contributed by atoms with E-state index in [0.29, 0.717) is 30.1 Å². The van der Waals surface area contributed by atoms with E-state index in [0.717, 1.165) is 27.9 Å². The lowest BCUT2D eigenvalue weighted by Gasteiger charge is -2.16. The first kappa shape index (κ1) is 23.0. The Morgan fingerprint density at radius 1 is 1.12 bits per heavy atom. The third kappa shape index (κ3) is 5.71. The van der Waals surface area contributed by atoms with E-state index in [-0.39, 0.29) is 11.9 Å². The fraction of sp³-hybridized carbons (Fsp3) is 0.269. The SMILES string of the molecule is COCCOc1cc(C(=O)N[C@H](C)c2ccc(C)nc2)cc(-c2ccc(C)cc2C#N)c1. The largest absolute Gasteiger partial charge is 0.491 e. The van der Waals surface area contributed by atoms with Crippen molar-refractivity contribution in [3.63, 3.8) is 0 Å². The molecule has 0 aliphatic heterocycles. The van der Waals surface area contributed by atoms with Crippen LogP contribution in [0.15, 0.2) is 54.7 Å². The number of ether oxygens (including phenoxy) is 2. The van der Waals surface area contributed by atoms with Gasteiger partial charge in [0.1, 0.15) is 12.4 Å². The van der Waals surface area contributed by atoms with Gasteiger partial charge in [0.15, 0.2) is 0 Å². The first-order valence-electron chi connectivity index (χ1n) is 10.4. The summed E-state index contributed by atoms with van der Waals surface area (Å²) >= 11 is 0. The average molecular weight is 430 g/mol. The monoisotopic (exact) mass is 429 g/mol. The number of nitrogens with zero attached hydrogens (tertiary/aromatic N) is 2. The van der Waals surface area contributed by atoms with Gasteiger partial charge in [-0.05, 0) is 73.4 Å². The summed E-state index contributed by atoms with van der Waals surface area (Å²) < 4.78 is 10.9. The first-order valence-corrected chi connectivity index (χ1v) is 10.4. The normalized spacial score (nSPS) is 11.5. The Labute approximate surface area is 188 Å². The molecule has 0 bridgehead atoms. The lowest BCUT2D eigenvalue weighted by molar-refractivity contribution is 0.0939. The van der Waals surface area contributed by atoms with Crippen molar-refractivity contribution in [2.24, 2.45) is 0 Å². The minimum absolute atomic E-state index is 0.217. The molecule has 1 aromatic heterocycles. The molecule has 1 N–H and O–H groups in total. The zero-order chi connectivity index (χ0) is 23.1. The molecule has 3 aromatic rings. The minimum atomic E-state index is -0.234. The van der Waals surface area contributed by atoms with E-state index in [4.69, 9.17) is 9.47 Å². The number of nitriles is 1. The molecule has 164 valence electrons. The molecule has 0 radical (unpaired) electrons. The molecule has 0 fully saturated rings. The second-order valence-electron chi connectivity index (χ2n) is 7.68. The van der Waals surface area contributed by atoms with Gasteiger partial charge in [-0.1, -0.05) is 18.2 Å². The van der Waals surface area contributed by atoms with Crippen molar-refractivity contribution >= 4 is 5.91 Å². The van der Waals surface area contributed by atoms with E-state index in [1.54, 1.807) is 25.4 Å². The highest BCUT2D eigenvalue weighted by Gasteiger charge is 2.16. The summed E-state index contributed by atoms with van der Waals surface area (Å²) in [7, 11) is 1.60. The van der Waals surface area contributed by atoms with Gasteiger partial charge in [0.05, 0.1) is 24.3 Å². The van der Waals surface area contributed by atoms with E-state index in [2.05, 4.69) is 16.4 Å². The molecule has 0 unspecified atom stereocenters. The molecule has 0 spiro atoms. The van der Waals surface area contributed by atoms with Crippen molar-refractivity contribution in [1.82, 2.24) is 10.3 Å². The van der Waals surface area contributed by atoms with E-state index in [1.165, 1.54) is 0 Å². The predicted octanol–water partition coefficient (Wildman–Crippen LogP) is 4.75. The second kappa shape index (κ2) is 10.6. The van der Waals surface area contributed by atoms with Crippen LogP contribution in [0.4, 0.5) is 0 Å². The Morgan fingerprint density at radius 3 is 2.62 bits per heavy atom. The number of nitrogens with one attached hydrogen (secondary N) is 1. The van der Waals surface area contributed by atoms with Gasteiger partial charge in [0.2, 0.25) is 0 Å². The number of amides is 1. The maximum Gasteiger partial charge on any atom is 0.251 e. The molecule has 32 heavy (non-hydrogen) atoms. The fourth-order valence-electron chi connectivity index (χ4n) is 3.31. The number of hydrogen-bond acceptors (Lipinski definition) is 5. The quantitative estimate of drug-likeness (QED) is 0.522. The Hall–Kier alpha value is -3.69. The number of aryl methyl sites for hydroxylation is 2. The van der Waals surface area contributed by atoms with Crippen LogP contribution in [0.3, 0.4) is 0 Å². The van der Waals surface area contributed by atoms with E-state index in [1.807, 2.05) is 57.2 Å². The number of carbonyl (C=O) groups is 1. The van der Waals surface area contributed by atoms with Crippen LogP contribution in [0.1, 0.15) is 45.7 Å². The van der Waals surface area contributed by atoms with Gasteiger partial charge in [-0.15, -0.1) is 0 Å². The Bertz CT molecular complexity index is 1130. The van der Waals surface area contributed by atoms with Gasteiger partial charge in [-0.3, -0.25) is 9.78 Å².